The SMILES string of the molecule is O=C(CNc1ccc(Oc2ccccc2)cc1)Nc1cccc(C(=O)NC2CCCCC2)c1. The van der Waals surface area contributed by atoms with E-state index in [-0.39, 0.29) is 24.4 Å². The maximum absolute atomic E-state index is 12.6. The number of carbonyl (C=O) groups is 2. The van der Waals surface area contributed by atoms with Gasteiger partial charge in [-0.25, -0.2) is 0 Å². The molecule has 0 aliphatic heterocycles. The van der Waals surface area contributed by atoms with Crippen LogP contribution >= 0.6 is 0 Å². The lowest BCUT2D eigenvalue weighted by Gasteiger charge is -2.22. The number of ether oxygens (including phenoxy) is 1. The summed E-state index contributed by atoms with van der Waals surface area (Å²) in [6.07, 6.45) is 5.64. The summed E-state index contributed by atoms with van der Waals surface area (Å²) in [4.78, 5) is 25.0. The molecule has 0 bridgehead atoms. The molecule has 3 N–H and O–H groups in total. The second-order valence-electron chi connectivity index (χ2n) is 8.23. The third kappa shape index (κ3) is 6.84. The number of benzene rings is 3. The lowest BCUT2D eigenvalue weighted by molar-refractivity contribution is -0.114. The average molecular weight is 444 g/mol. The minimum atomic E-state index is -0.190. The van der Waals surface area contributed by atoms with Crippen LogP contribution in [0.2, 0.25) is 0 Å². The Labute approximate surface area is 194 Å². The van der Waals surface area contributed by atoms with Crippen molar-refractivity contribution in [1.29, 1.82) is 0 Å². The first-order chi connectivity index (χ1) is 16.2. The predicted octanol–water partition coefficient (Wildman–Crippen LogP) is 5.59. The van der Waals surface area contributed by atoms with Crippen molar-refractivity contribution in [2.24, 2.45) is 0 Å². The zero-order valence-electron chi connectivity index (χ0n) is 18.6. The Kier molecular flexibility index (Phi) is 7.59. The van der Waals surface area contributed by atoms with Gasteiger partial charge in [-0.2, -0.15) is 0 Å². The Morgan fingerprint density at radius 3 is 2.27 bits per heavy atom. The molecule has 1 fully saturated rings. The van der Waals surface area contributed by atoms with Crippen molar-refractivity contribution in [3.63, 3.8) is 0 Å². The monoisotopic (exact) mass is 443 g/mol. The molecule has 2 amide bonds. The first-order valence-corrected chi connectivity index (χ1v) is 11.4. The fraction of sp³-hybridized carbons (Fsp3) is 0.259. The zero-order chi connectivity index (χ0) is 22.9. The molecule has 0 aromatic heterocycles. The first-order valence-electron chi connectivity index (χ1n) is 11.4. The number of rotatable bonds is 8. The number of amides is 2. The molecule has 0 saturated heterocycles. The molecule has 0 spiro atoms. The van der Waals surface area contributed by atoms with Crippen molar-refractivity contribution in [3.05, 3.63) is 84.4 Å². The molecule has 0 unspecified atom stereocenters. The van der Waals surface area contributed by atoms with Crippen LogP contribution in [0.3, 0.4) is 0 Å². The van der Waals surface area contributed by atoms with E-state index in [0.717, 1.165) is 42.9 Å². The van der Waals surface area contributed by atoms with Gasteiger partial charge >= 0.3 is 0 Å². The van der Waals surface area contributed by atoms with E-state index in [1.54, 1.807) is 24.3 Å². The van der Waals surface area contributed by atoms with E-state index < -0.39 is 0 Å². The van der Waals surface area contributed by atoms with Crippen LogP contribution in [0.15, 0.2) is 78.9 Å². The summed E-state index contributed by atoms with van der Waals surface area (Å²) >= 11 is 0. The van der Waals surface area contributed by atoms with E-state index in [1.165, 1.54) is 6.42 Å². The second kappa shape index (κ2) is 11.2. The molecular weight excluding hydrogens is 414 g/mol. The van der Waals surface area contributed by atoms with Crippen LogP contribution < -0.4 is 20.7 Å². The van der Waals surface area contributed by atoms with Gasteiger partial charge < -0.3 is 20.7 Å². The predicted molar refractivity (Wildman–Crippen MR) is 131 cm³/mol. The fourth-order valence-electron chi connectivity index (χ4n) is 3.91. The Morgan fingerprint density at radius 2 is 1.52 bits per heavy atom. The van der Waals surface area contributed by atoms with Crippen molar-refractivity contribution >= 4 is 23.2 Å². The Balaban J connectivity index is 1.25. The van der Waals surface area contributed by atoms with Gasteiger partial charge in [-0.15, -0.1) is 0 Å². The largest absolute Gasteiger partial charge is 0.457 e. The Bertz CT molecular complexity index is 1060. The maximum Gasteiger partial charge on any atom is 0.251 e. The number of nitrogens with one attached hydrogen (secondary N) is 3. The average Bonchev–Trinajstić information content (AvgIpc) is 2.85. The molecule has 6 heteroatoms. The van der Waals surface area contributed by atoms with Gasteiger partial charge in [-0.1, -0.05) is 43.5 Å². The molecule has 0 radical (unpaired) electrons. The van der Waals surface area contributed by atoms with Crippen molar-refractivity contribution in [2.75, 3.05) is 17.2 Å². The molecule has 4 rings (SSSR count). The molecule has 6 nitrogen and oxygen atoms in total. The van der Waals surface area contributed by atoms with E-state index in [0.29, 0.717) is 11.3 Å². The smallest absolute Gasteiger partial charge is 0.251 e. The minimum Gasteiger partial charge on any atom is -0.457 e. The van der Waals surface area contributed by atoms with E-state index in [9.17, 15) is 9.59 Å². The molecule has 0 atom stereocenters. The molecule has 1 saturated carbocycles. The van der Waals surface area contributed by atoms with Gasteiger partial charge in [0.1, 0.15) is 11.5 Å². The first kappa shape index (κ1) is 22.4. The van der Waals surface area contributed by atoms with Gasteiger partial charge in [-0.05, 0) is 67.4 Å². The zero-order valence-corrected chi connectivity index (χ0v) is 18.6. The van der Waals surface area contributed by atoms with Crippen molar-refractivity contribution in [2.45, 2.75) is 38.1 Å². The standard InChI is InChI=1S/C27H29N3O3/c31-26(19-28-21-14-16-25(17-15-21)33-24-12-5-2-6-13-24)29-23-11-7-8-20(18-23)27(32)30-22-9-3-1-4-10-22/h2,5-8,11-18,22,28H,1,3-4,9-10,19H2,(H,29,31)(H,30,32). The highest BCUT2D eigenvalue weighted by atomic mass is 16.5. The molecule has 1 aliphatic rings. The van der Waals surface area contributed by atoms with Crippen LogP contribution in [-0.4, -0.2) is 24.4 Å². The van der Waals surface area contributed by atoms with Crippen LogP contribution in [-0.2, 0) is 4.79 Å². The summed E-state index contributed by atoms with van der Waals surface area (Å²) in [6.45, 7) is 0.109. The van der Waals surface area contributed by atoms with Gasteiger partial charge in [0.2, 0.25) is 5.91 Å². The van der Waals surface area contributed by atoms with Crippen LogP contribution in [0, 0.1) is 0 Å². The van der Waals surface area contributed by atoms with Gasteiger partial charge in [0, 0.05) is 23.0 Å². The number of hydrogen-bond acceptors (Lipinski definition) is 4. The topological polar surface area (TPSA) is 79.5 Å². The summed E-state index contributed by atoms with van der Waals surface area (Å²) < 4.78 is 5.78. The van der Waals surface area contributed by atoms with Gasteiger partial charge in [0.05, 0.1) is 6.54 Å². The second-order valence-corrected chi connectivity index (χ2v) is 8.23. The summed E-state index contributed by atoms with van der Waals surface area (Å²) in [5.74, 6) is 1.21. The summed E-state index contributed by atoms with van der Waals surface area (Å²) in [6, 6.07) is 24.3. The fourth-order valence-corrected chi connectivity index (χ4v) is 3.91. The molecule has 0 heterocycles. The number of para-hydroxylation sites is 1. The Hall–Kier alpha value is -3.80. The van der Waals surface area contributed by atoms with Gasteiger partial charge in [0.15, 0.2) is 0 Å². The molecule has 170 valence electrons. The third-order valence-corrected chi connectivity index (χ3v) is 5.64. The van der Waals surface area contributed by atoms with Crippen LogP contribution in [0.4, 0.5) is 11.4 Å². The van der Waals surface area contributed by atoms with E-state index in [1.807, 2.05) is 54.6 Å². The number of hydrogen-bond donors (Lipinski definition) is 3. The normalized spacial score (nSPS) is 13.7. The van der Waals surface area contributed by atoms with Crippen molar-refractivity contribution in [1.82, 2.24) is 5.32 Å². The summed E-state index contributed by atoms with van der Waals surface area (Å²) in [7, 11) is 0. The van der Waals surface area contributed by atoms with E-state index in [2.05, 4.69) is 16.0 Å². The lowest BCUT2D eigenvalue weighted by atomic mass is 9.95. The highest BCUT2D eigenvalue weighted by molar-refractivity contribution is 5.98. The lowest BCUT2D eigenvalue weighted by Crippen LogP contribution is -2.36. The van der Waals surface area contributed by atoms with E-state index in [4.69, 9.17) is 4.74 Å². The van der Waals surface area contributed by atoms with Gasteiger partial charge in [-0.3, -0.25) is 9.59 Å². The van der Waals surface area contributed by atoms with Crippen LogP contribution in [0.1, 0.15) is 42.5 Å². The van der Waals surface area contributed by atoms with Crippen LogP contribution in [0.25, 0.3) is 0 Å². The molecule has 3 aromatic rings. The van der Waals surface area contributed by atoms with Crippen LogP contribution in [0.5, 0.6) is 11.5 Å². The Morgan fingerprint density at radius 1 is 0.788 bits per heavy atom. The maximum atomic E-state index is 12.6. The van der Waals surface area contributed by atoms with Crippen molar-refractivity contribution < 1.29 is 14.3 Å². The van der Waals surface area contributed by atoms with Crippen molar-refractivity contribution in [3.8, 4) is 11.5 Å². The summed E-state index contributed by atoms with van der Waals surface area (Å²) in [5, 5.41) is 9.06. The number of anilines is 2. The highest BCUT2D eigenvalue weighted by Gasteiger charge is 2.17. The third-order valence-electron chi connectivity index (χ3n) is 5.64. The molecule has 33 heavy (non-hydrogen) atoms. The molecular formula is C27H29N3O3. The quantitative estimate of drug-likeness (QED) is 0.424. The number of carbonyl (C=O) groups excluding carboxylic acids is 2. The molecule has 1 aliphatic carbocycles. The van der Waals surface area contributed by atoms with Gasteiger partial charge in [0.25, 0.3) is 5.91 Å². The summed E-state index contributed by atoms with van der Waals surface area (Å²) in [5.41, 5.74) is 1.97. The highest BCUT2D eigenvalue weighted by Crippen LogP contribution is 2.22. The minimum absolute atomic E-state index is 0.0889. The van der Waals surface area contributed by atoms with E-state index >= 15 is 0 Å². The molecule has 3 aromatic carbocycles.